The van der Waals surface area contributed by atoms with Gasteiger partial charge in [-0.15, -0.1) is 0 Å². The summed E-state index contributed by atoms with van der Waals surface area (Å²) >= 11 is 5.91. The number of halogens is 1. The van der Waals surface area contributed by atoms with Gasteiger partial charge in [0.25, 0.3) is 0 Å². The van der Waals surface area contributed by atoms with Gasteiger partial charge in [0.1, 0.15) is 0 Å². The van der Waals surface area contributed by atoms with E-state index in [9.17, 15) is 0 Å². The maximum atomic E-state index is 5.91. The Labute approximate surface area is 78.0 Å². The van der Waals surface area contributed by atoms with Crippen LogP contribution in [0.1, 0.15) is 32.2 Å². The molecule has 0 aliphatic heterocycles. The summed E-state index contributed by atoms with van der Waals surface area (Å²) in [4.78, 5) is 8.40. The van der Waals surface area contributed by atoms with Crippen molar-refractivity contribution in [2.24, 2.45) is 0 Å². The average Bonchev–Trinajstić information content (AvgIpc) is 1.92. The van der Waals surface area contributed by atoms with Crippen molar-refractivity contribution in [3.8, 4) is 0 Å². The maximum Gasteiger partial charge on any atom is 0.151 e. The van der Waals surface area contributed by atoms with Crippen LogP contribution >= 0.6 is 11.6 Å². The fourth-order valence-electron chi connectivity index (χ4n) is 0.940. The van der Waals surface area contributed by atoms with E-state index >= 15 is 0 Å². The van der Waals surface area contributed by atoms with Gasteiger partial charge < -0.3 is 0 Å². The molecule has 0 radical (unpaired) electrons. The zero-order valence-electron chi connectivity index (χ0n) is 7.85. The Morgan fingerprint density at radius 1 is 1.33 bits per heavy atom. The third-order valence-electron chi connectivity index (χ3n) is 1.56. The number of nitrogens with zero attached hydrogens (tertiary/aromatic N) is 2. The van der Waals surface area contributed by atoms with E-state index in [-0.39, 0.29) is 5.41 Å². The van der Waals surface area contributed by atoms with Crippen LogP contribution in [0.3, 0.4) is 0 Å². The molecule has 1 aromatic rings. The Hall–Kier alpha value is -0.630. The number of hydrogen-bond donors (Lipinski definition) is 0. The summed E-state index contributed by atoms with van der Waals surface area (Å²) in [5.41, 5.74) is 1.74. The summed E-state index contributed by atoms with van der Waals surface area (Å²) in [5, 5.41) is 0.508. The summed E-state index contributed by atoms with van der Waals surface area (Å²) in [6.45, 7) is 8.13. The molecule has 1 rings (SSSR count). The molecule has 0 saturated carbocycles. The standard InChI is InChI=1S/C9H13ClN2/c1-6-5-11-8(10)7(12-6)9(2,3)4/h5H,1-4H3. The van der Waals surface area contributed by atoms with Gasteiger partial charge in [-0.2, -0.15) is 0 Å². The molecule has 0 bridgehead atoms. The summed E-state index contributed by atoms with van der Waals surface area (Å²) in [6.07, 6.45) is 1.68. The molecule has 0 aromatic carbocycles. The lowest BCUT2D eigenvalue weighted by Gasteiger charge is -2.18. The van der Waals surface area contributed by atoms with Crippen LogP contribution in [0.25, 0.3) is 0 Å². The predicted molar refractivity (Wildman–Crippen MR) is 50.5 cm³/mol. The molecule has 0 saturated heterocycles. The molecule has 0 fully saturated rings. The van der Waals surface area contributed by atoms with Crippen LogP contribution in [0.2, 0.25) is 5.15 Å². The molecule has 0 aliphatic rings. The van der Waals surface area contributed by atoms with Gasteiger partial charge in [-0.25, -0.2) is 4.98 Å². The van der Waals surface area contributed by atoms with E-state index in [4.69, 9.17) is 11.6 Å². The third kappa shape index (κ3) is 1.95. The van der Waals surface area contributed by atoms with Crippen LogP contribution in [0.15, 0.2) is 6.20 Å². The van der Waals surface area contributed by atoms with E-state index in [1.165, 1.54) is 0 Å². The van der Waals surface area contributed by atoms with Crippen molar-refractivity contribution >= 4 is 11.6 Å². The second-order valence-corrected chi connectivity index (χ2v) is 4.26. The van der Waals surface area contributed by atoms with Crippen molar-refractivity contribution in [2.75, 3.05) is 0 Å². The second-order valence-electron chi connectivity index (χ2n) is 3.90. The quantitative estimate of drug-likeness (QED) is 0.620. The molecule has 0 aliphatic carbocycles. The Morgan fingerprint density at radius 3 is 2.33 bits per heavy atom. The Morgan fingerprint density at radius 2 is 1.92 bits per heavy atom. The molecular weight excluding hydrogens is 172 g/mol. The van der Waals surface area contributed by atoms with Crippen LogP contribution in [0, 0.1) is 6.92 Å². The first-order valence-electron chi connectivity index (χ1n) is 3.91. The van der Waals surface area contributed by atoms with Crippen LogP contribution in [-0.4, -0.2) is 9.97 Å². The first-order chi connectivity index (χ1) is 5.41. The molecule has 0 spiro atoms. The van der Waals surface area contributed by atoms with E-state index < -0.39 is 0 Å². The van der Waals surface area contributed by atoms with Gasteiger partial charge in [-0.3, -0.25) is 4.98 Å². The highest BCUT2D eigenvalue weighted by molar-refractivity contribution is 6.30. The zero-order chi connectivity index (χ0) is 9.35. The molecule has 0 amide bonds. The van der Waals surface area contributed by atoms with Crippen molar-refractivity contribution in [1.29, 1.82) is 0 Å². The van der Waals surface area contributed by atoms with Crippen molar-refractivity contribution in [2.45, 2.75) is 33.1 Å². The van der Waals surface area contributed by atoms with E-state index in [2.05, 4.69) is 30.7 Å². The third-order valence-corrected chi connectivity index (χ3v) is 1.84. The molecule has 2 nitrogen and oxygen atoms in total. The molecule has 0 unspecified atom stereocenters. The zero-order valence-corrected chi connectivity index (χ0v) is 8.61. The minimum atomic E-state index is -0.0316. The lowest BCUT2D eigenvalue weighted by molar-refractivity contribution is 0.563. The van der Waals surface area contributed by atoms with E-state index in [1.54, 1.807) is 6.20 Å². The van der Waals surface area contributed by atoms with E-state index in [0.717, 1.165) is 11.4 Å². The number of aromatic nitrogens is 2. The van der Waals surface area contributed by atoms with Gasteiger partial charge in [-0.05, 0) is 6.92 Å². The fourth-order valence-corrected chi connectivity index (χ4v) is 1.31. The largest absolute Gasteiger partial charge is 0.253 e. The highest BCUT2D eigenvalue weighted by atomic mass is 35.5. The highest BCUT2D eigenvalue weighted by Crippen LogP contribution is 2.25. The molecule has 1 heterocycles. The Bertz CT molecular complexity index is 289. The molecule has 0 N–H and O–H groups in total. The van der Waals surface area contributed by atoms with Crippen LogP contribution in [0.5, 0.6) is 0 Å². The Kier molecular flexibility index (Phi) is 2.38. The lowest BCUT2D eigenvalue weighted by Crippen LogP contribution is -2.15. The monoisotopic (exact) mass is 184 g/mol. The summed E-state index contributed by atoms with van der Waals surface area (Å²) in [5.74, 6) is 0. The molecular formula is C9H13ClN2. The van der Waals surface area contributed by atoms with Crippen molar-refractivity contribution < 1.29 is 0 Å². The summed E-state index contributed by atoms with van der Waals surface area (Å²) in [7, 11) is 0. The molecule has 1 aromatic heterocycles. The van der Waals surface area contributed by atoms with Crippen molar-refractivity contribution in [3.63, 3.8) is 0 Å². The summed E-state index contributed by atoms with van der Waals surface area (Å²) in [6, 6.07) is 0. The average molecular weight is 185 g/mol. The predicted octanol–water partition coefficient (Wildman–Crippen LogP) is 2.74. The number of rotatable bonds is 0. The molecule has 66 valence electrons. The van der Waals surface area contributed by atoms with Gasteiger partial charge in [0.05, 0.1) is 11.4 Å². The first kappa shape index (κ1) is 9.46. The smallest absolute Gasteiger partial charge is 0.151 e. The first-order valence-corrected chi connectivity index (χ1v) is 4.28. The molecule has 3 heteroatoms. The van der Waals surface area contributed by atoms with E-state index in [1.807, 2.05) is 6.92 Å². The minimum Gasteiger partial charge on any atom is -0.253 e. The van der Waals surface area contributed by atoms with Crippen molar-refractivity contribution in [3.05, 3.63) is 22.7 Å². The van der Waals surface area contributed by atoms with Crippen LogP contribution in [-0.2, 0) is 5.41 Å². The fraction of sp³-hybridized carbons (Fsp3) is 0.556. The van der Waals surface area contributed by atoms with Crippen molar-refractivity contribution in [1.82, 2.24) is 9.97 Å². The van der Waals surface area contributed by atoms with Gasteiger partial charge in [0.2, 0.25) is 0 Å². The minimum absolute atomic E-state index is 0.0316. The second kappa shape index (κ2) is 3.02. The van der Waals surface area contributed by atoms with Gasteiger partial charge in [0.15, 0.2) is 5.15 Å². The lowest BCUT2D eigenvalue weighted by atomic mass is 9.92. The van der Waals surface area contributed by atoms with Crippen LogP contribution < -0.4 is 0 Å². The SMILES string of the molecule is Cc1cnc(Cl)c(C(C)(C)C)n1. The number of aryl methyl sites for hydroxylation is 1. The Balaban J connectivity index is 3.23. The maximum absolute atomic E-state index is 5.91. The topological polar surface area (TPSA) is 25.8 Å². The normalized spacial score (nSPS) is 11.8. The number of hydrogen-bond acceptors (Lipinski definition) is 2. The highest BCUT2D eigenvalue weighted by Gasteiger charge is 2.19. The summed E-state index contributed by atoms with van der Waals surface area (Å²) < 4.78 is 0. The molecule has 0 atom stereocenters. The van der Waals surface area contributed by atoms with Crippen LogP contribution in [0.4, 0.5) is 0 Å². The van der Waals surface area contributed by atoms with Gasteiger partial charge in [0, 0.05) is 11.6 Å². The molecule has 12 heavy (non-hydrogen) atoms. The van der Waals surface area contributed by atoms with Gasteiger partial charge >= 0.3 is 0 Å². The van der Waals surface area contributed by atoms with E-state index in [0.29, 0.717) is 5.15 Å². The van der Waals surface area contributed by atoms with Gasteiger partial charge in [-0.1, -0.05) is 32.4 Å².